The Morgan fingerprint density at radius 2 is 2.15 bits per heavy atom. The van der Waals surface area contributed by atoms with Crippen molar-refractivity contribution < 1.29 is 9.53 Å². The van der Waals surface area contributed by atoms with Crippen LogP contribution in [0, 0.1) is 0 Å². The number of carbonyl (C=O) groups is 1. The normalized spacial score (nSPS) is 10.8. The van der Waals surface area contributed by atoms with Crippen LogP contribution in [-0.4, -0.2) is 25.5 Å². The van der Waals surface area contributed by atoms with Crippen LogP contribution in [0.15, 0.2) is 45.6 Å². The first-order valence-electron chi connectivity index (χ1n) is 7.50. The highest BCUT2D eigenvalue weighted by atomic mass is 79.9. The smallest absolute Gasteiger partial charge is 0.272 e. The summed E-state index contributed by atoms with van der Waals surface area (Å²) in [7, 11) is 1.81. The Morgan fingerprint density at radius 1 is 1.35 bits per heavy atom. The lowest BCUT2D eigenvalue weighted by Crippen LogP contribution is -2.25. The average Bonchev–Trinajstić information content (AvgIpc) is 3.19. The summed E-state index contributed by atoms with van der Waals surface area (Å²) in [5, 5.41) is 11.6. The van der Waals surface area contributed by atoms with Crippen molar-refractivity contribution in [2.24, 2.45) is 7.05 Å². The van der Waals surface area contributed by atoms with Crippen molar-refractivity contribution in [2.75, 3.05) is 0 Å². The summed E-state index contributed by atoms with van der Waals surface area (Å²) in [4.78, 5) is 12.2. The lowest BCUT2D eigenvalue weighted by Gasteiger charge is -2.08. The highest BCUT2D eigenvalue weighted by Crippen LogP contribution is 2.27. The third-order valence-corrected chi connectivity index (χ3v) is 5.00. The maximum Gasteiger partial charge on any atom is 0.272 e. The topological polar surface area (TPSA) is 74.0 Å². The molecule has 0 bridgehead atoms. The highest BCUT2D eigenvalue weighted by molar-refractivity contribution is 9.10. The Labute approximate surface area is 171 Å². The quantitative estimate of drug-likeness (QED) is 0.556. The van der Waals surface area contributed by atoms with Crippen LogP contribution in [0.2, 0.25) is 5.02 Å². The molecule has 136 valence electrons. The Balaban J connectivity index is 1.57. The Kier molecular flexibility index (Phi) is 6.00. The van der Waals surface area contributed by atoms with E-state index < -0.39 is 0 Å². The maximum absolute atomic E-state index is 12.2. The first-order valence-corrected chi connectivity index (χ1v) is 9.46. The second-order valence-corrected chi connectivity index (χ2v) is 7.51. The van der Waals surface area contributed by atoms with Crippen LogP contribution in [0.5, 0.6) is 5.75 Å². The van der Waals surface area contributed by atoms with Gasteiger partial charge in [0, 0.05) is 17.7 Å². The van der Waals surface area contributed by atoms with Gasteiger partial charge in [-0.3, -0.25) is 9.48 Å². The Morgan fingerprint density at radius 3 is 2.85 bits per heavy atom. The second kappa shape index (κ2) is 8.24. The van der Waals surface area contributed by atoms with Crippen LogP contribution >= 0.6 is 43.5 Å². The van der Waals surface area contributed by atoms with Gasteiger partial charge in [-0.1, -0.05) is 27.5 Å². The number of rotatable bonds is 6. The van der Waals surface area contributed by atoms with E-state index in [0.29, 0.717) is 23.0 Å². The van der Waals surface area contributed by atoms with Gasteiger partial charge in [-0.15, -0.1) is 0 Å². The number of hydrogen-bond acceptors (Lipinski definition) is 4. The number of benzene rings is 1. The molecule has 3 rings (SSSR count). The molecule has 1 aromatic carbocycles. The standard InChI is InChI=1S/C16H14Br2ClN5O2/c1-23-14(11(18)7-21-23)8-20-16(25)13-4-5-24(22-13)9-26-15-3-2-10(17)6-12(15)19/h2-7H,8-9H2,1H3,(H,20,25). The number of aromatic nitrogens is 4. The molecule has 2 aromatic heterocycles. The van der Waals surface area contributed by atoms with Crippen LogP contribution in [0.3, 0.4) is 0 Å². The van der Waals surface area contributed by atoms with Gasteiger partial charge in [0.05, 0.1) is 27.9 Å². The first-order chi connectivity index (χ1) is 12.4. The predicted octanol–water partition coefficient (Wildman–Crippen LogP) is 3.76. The summed E-state index contributed by atoms with van der Waals surface area (Å²) >= 11 is 12.8. The molecule has 0 saturated heterocycles. The van der Waals surface area contributed by atoms with Gasteiger partial charge in [0.2, 0.25) is 0 Å². The van der Waals surface area contributed by atoms with Gasteiger partial charge < -0.3 is 10.1 Å². The zero-order chi connectivity index (χ0) is 18.7. The number of amides is 1. The van der Waals surface area contributed by atoms with Crippen molar-refractivity contribution in [1.29, 1.82) is 0 Å². The van der Waals surface area contributed by atoms with E-state index in [9.17, 15) is 4.79 Å². The third-order valence-electron chi connectivity index (χ3n) is 3.55. The predicted molar refractivity (Wildman–Crippen MR) is 104 cm³/mol. The van der Waals surface area contributed by atoms with E-state index in [1.54, 1.807) is 35.3 Å². The van der Waals surface area contributed by atoms with E-state index in [-0.39, 0.29) is 12.6 Å². The molecule has 0 aliphatic carbocycles. The summed E-state index contributed by atoms with van der Waals surface area (Å²) in [6, 6.07) is 6.96. The van der Waals surface area contributed by atoms with Gasteiger partial charge in [0.1, 0.15) is 11.4 Å². The zero-order valence-electron chi connectivity index (χ0n) is 13.6. The molecule has 0 spiro atoms. The van der Waals surface area contributed by atoms with Crippen LogP contribution in [0.1, 0.15) is 16.2 Å². The molecule has 0 saturated carbocycles. The fourth-order valence-electron chi connectivity index (χ4n) is 2.17. The molecule has 0 aliphatic rings. The van der Waals surface area contributed by atoms with Crippen molar-refractivity contribution in [3.05, 3.63) is 62.0 Å². The number of halogens is 3. The fraction of sp³-hybridized carbons (Fsp3) is 0.188. The zero-order valence-corrected chi connectivity index (χ0v) is 17.5. The number of nitrogens with zero attached hydrogens (tertiary/aromatic N) is 4. The lowest BCUT2D eigenvalue weighted by molar-refractivity contribution is 0.0943. The molecule has 1 amide bonds. The van der Waals surface area contributed by atoms with Gasteiger partial charge in [-0.2, -0.15) is 10.2 Å². The van der Waals surface area contributed by atoms with Gasteiger partial charge in [0.25, 0.3) is 5.91 Å². The molecule has 1 N–H and O–H groups in total. The van der Waals surface area contributed by atoms with Gasteiger partial charge in [-0.25, -0.2) is 4.68 Å². The second-order valence-electron chi connectivity index (χ2n) is 5.33. The molecular weight excluding hydrogens is 489 g/mol. The summed E-state index contributed by atoms with van der Waals surface area (Å²) in [5.74, 6) is 0.260. The minimum atomic E-state index is -0.279. The van der Waals surface area contributed by atoms with E-state index in [1.807, 2.05) is 13.1 Å². The molecule has 0 unspecified atom stereocenters. The minimum Gasteiger partial charge on any atom is -0.470 e. The monoisotopic (exact) mass is 501 g/mol. The van der Waals surface area contributed by atoms with E-state index in [2.05, 4.69) is 47.4 Å². The maximum atomic E-state index is 12.2. The van der Waals surface area contributed by atoms with Gasteiger partial charge >= 0.3 is 0 Å². The first kappa shape index (κ1) is 18.9. The molecule has 10 heteroatoms. The molecule has 7 nitrogen and oxygen atoms in total. The van der Waals surface area contributed by atoms with E-state index >= 15 is 0 Å². The van der Waals surface area contributed by atoms with Crippen LogP contribution < -0.4 is 10.1 Å². The number of nitrogens with one attached hydrogen (secondary N) is 1. The Bertz CT molecular complexity index is 921. The largest absolute Gasteiger partial charge is 0.470 e. The van der Waals surface area contributed by atoms with Crippen molar-refractivity contribution in [2.45, 2.75) is 13.3 Å². The van der Waals surface area contributed by atoms with E-state index in [4.69, 9.17) is 16.3 Å². The van der Waals surface area contributed by atoms with Crippen molar-refractivity contribution in [1.82, 2.24) is 24.9 Å². The average molecular weight is 504 g/mol. The number of aryl methyl sites for hydroxylation is 1. The van der Waals surface area contributed by atoms with Gasteiger partial charge in [0.15, 0.2) is 6.73 Å². The summed E-state index contributed by atoms with van der Waals surface area (Å²) < 4.78 is 10.5. The van der Waals surface area contributed by atoms with Crippen molar-refractivity contribution >= 4 is 49.4 Å². The highest BCUT2D eigenvalue weighted by Gasteiger charge is 2.12. The molecule has 0 aliphatic heterocycles. The SMILES string of the molecule is Cn1ncc(Br)c1CNC(=O)c1ccn(COc2ccc(Br)cc2Cl)n1. The lowest BCUT2D eigenvalue weighted by atomic mass is 10.3. The van der Waals surface area contributed by atoms with E-state index in [1.165, 1.54) is 4.68 Å². The van der Waals surface area contributed by atoms with Crippen LogP contribution in [0.4, 0.5) is 0 Å². The molecular formula is C16H14Br2ClN5O2. The third kappa shape index (κ3) is 4.46. The molecule has 0 radical (unpaired) electrons. The molecule has 26 heavy (non-hydrogen) atoms. The fourth-order valence-corrected chi connectivity index (χ4v) is 3.39. The number of hydrogen-bond donors (Lipinski definition) is 1. The van der Waals surface area contributed by atoms with Crippen LogP contribution in [-0.2, 0) is 20.3 Å². The van der Waals surface area contributed by atoms with E-state index in [0.717, 1.165) is 14.6 Å². The van der Waals surface area contributed by atoms with Crippen molar-refractivity contribution in [3.63, 3.8) is 0 Å². The number of ether oxygens (including phenoxy) is 1. The van der Waals surface area contributed by atoms with Crippen LogP contribution in [0.25, 0.3) is 0 Å². The Hall–Kier alpha value is -1.84. The molecule has 2 heterocycles. The number of carbonyl (C=O) groups excluding carboxylic acids is 1. The summed E-state index contributed by atoms with van der Waals surface area (Å²) in [6.45, 7) is 0.482. The molecule has 3 aromatic rings. The minimum absolute atomic E-state index is 0.141. The summed E-state index contributed by atoms with van der Waals surface area (Å²) in [5.41, 5.74) is 1.17. The molecule has 0 fully saturated rings. The summed E-state index contributed by atoms with van der Waals surface area (Å²) in [6.07, 6.45) is 3.35. The van der Waals surface area contributed by atoms with Gasteiger partial charge in [-0.05, 0) is 40.2 Å². The van der Waals surface area contributed by atoms with Crippen molar-refractivity contribution in [3.8, 4) is 5.75 Å². The molecule has 0 atom stereocenters.